The number of hydrogen-bond acceptors (Lipinski definition) is 2. The van der Waals surface area contributed by atoms with E-state index in [0.29, 0.717) is 12.0 Å². The van der Waals surface area contributed by atoms with E-state index in [0.717, 1.165) is 24.6 Å². The SMILES string of the molecule is C=S1(=O)CCN(C(C)C(C)C)CC1. The first-order valence-electron chi connectivity index (χ1n) is 4.99. The topological polar surface area (TPSA) is 20.3 Å². The van der Waals surface area contributed by atoms with E-state index in [2.05, 4.69) is 31.5 Å². The van der Waals surface area contributed by atoms with Crippen LogP contribution in [0.2, 0.25) is 0 Å². The molecule has 0 aromatic carbocycles. The molecule has 1 saturated heterocycles. The zero-order valence-electron chi connectivity index (χ0n) is 8.95. The normalized spacial score (nSPS) is 26.2. The molecule has 0 radical (unpaired) electrons. The number of hydrogen-bond donors (Lipinski definition) is 0. The summed E-state index contributed by atoms with van der Waals surface area (Å²) in [6, 6.07) is 0.607. The minimum absolute atomic E-state index is 0.607. The third kappa shape index (κ3) is 2.99. The summed E-state index contributed by atoms with van der Waals surface area (Å²) in [7, 11) is -1.72. The minimum atomic E-state index is -1.72. The lowest BCUT2D eigenvalue weighted by Crippen LogP contribution is -2.46. The minimum Gasteiger partial charge on any atom is -0.299 e. The van der Waals surface area contributed by atoms with Gasteiger partial charge in [-0.1, -0.05) is 13.8 Å². The van der Waals surface area contributed by atoms with Crippen molar-refractivity contribution in [2.24, 2.45) is 5.92 Å². The Hall–Kier alpha value is -0.0200. The predicted octanol–water partition coefficient (Wildman–Crippen LogP) is 1.06. The van der Waals surface area contributed by atoms with Gasteiger partial charge in [0.15, 0.2) is 0 Å². The maximum absolute atomic E-state index is 11.6. The van der Waals surface area contributed by atoms with Crippen LogP contribution in [0.25, 0.3) is 0 Å². The standard InChI is InChI=1S/C10H21NOS/c1-9(2)10(3)11-5-7-13(4,12)8-6-11/h9-10H,4-8H2,1-3H3. The summed E-state index contributed by atoms with van der Waals surface area (Å²) < 4.78 is 11.6. The molecular weight excluding hydrogens is 182 g/mol. The Kier molecular flexibility index (Phi) is 3.41. The van der Waals surface area contributed by atoms with Gasteiger partial charge in [0.2, 0.25) is 0 Å². The van der Waals surface area contributed by atoms with E-state index in [-0.39, 0.29) is 0 Å². The molecule has 2 nitrogen and oxygen atoms in total. The Morgan fingerprint density at radius 3 is 2.08 bits per heavy atom. The second kappa shape index (κ2) is 4.01. The van der Waals surface area contributed by atoms with Crippen molar-refractivity contribution in [1.29, 1.82) is 0 Å². The van der Waals surface area contributed by atoms with Crippen LogP contribution in [0.1, 0.15) is 20.8 Å². The quantitative estimate of drug-likeness (QED) is 0.626. The van der Waals surface area contributed by atoms with Gasteiger partial charge in [-0.05, 0) is 28.2 Å². The molecule has 0 spiro atoms. The molecule has 1 atom stereocenters. The first-order chi connectivity index (χ1) is 5.92. The van der Waals surface area contributed by atoms with Crippen LogP contribution in [0.15, 0.2) is 0 Å². The highest BCUT2D eigenvalue weighted by molar-refractivity contribution is 8.00. The number of rotatable bonds is 2. The van der Waals surface area contributed by atoms with Gasteiger partial charge in [0.1, 0.15) is 0 Å². The molecule has 1 unspecified atom stereocenters. The van der Waals surface area contributed by atoms with Crippen molar-refractivity contribution in [3.05, 3.63) is 0 Å². The Bertz CT molecular complexity index is 242. The van der Waals surface area contributed by atoms with Gasteiger partial charge in [-0.25, -0.2) is 0 Å². The zero-order valence-corrected chi connectivity index (χ0v) is 9.77. The van der Waals surface area contributed by atoms with Crippen LogP contribution in [-0.2, 0) is 9.52 Å². The fraction of sp³-hybridized carbons (Fsp3) is 0.900. The monoisotopic (exact) mass is 203 g/mol. The predicted molar refractivity (Wildman–Crippen MR) is 60.9 cm³/mol. The van der Waals surface area contributed by atoms with Crippen molar-refractivity contribution < 1.29 is 4.21 Å². The van der Waals surface area contributed by atoms with Crippen molar-refractivity contribution in [1.82, 2.24) is 4.90 Å². The van der Waals surface area contributed by atoms with E-state index in [1.165, 1.54) is 0 Å². The van der Waals surface area contributed by atoms with Gasteiger partial charge in [-0.2, -0.15) is 0 Å². The highest BCUT2D eigenvalue weighted by Gasteiger charge is 2.22. The largest absolute Gasteiger partial charge is 0.299 e. The third-order valence-electron chi connectivity index (χ3n) is 3.04. The molecule has 1 aliphatic rings. The summed E-state index contributed by atoms with van der Waals surface area (Å²) in [5.41, 5.74) is 0. The maximum Gasteiger partial charge on any atom is 0.0287 e. The summed E-state index contributed by atoms with van der Waals surface area (Å²) in [5, 5.41) is 0. The fourth-order valence-corrected chi connectivity index (χ4v) is 2.95. The average molecular weight is 203 g/mol. The second-order valence-electron chi connectivity index (χ2n) is 4.39. The van der Waals surface area contributed by atoms with Crippen molar-refractivity contribution in [2.75, 3.05) is 24.6 Å². The molecule has 1 fully saturated rings. The van der Waals surface area contributed by atoms with E-state index in [1.807, 2.05) is 0 Å². The molecular formula is C10H21NOS. The molecule has 0 aromatic heterocycles. The molecule has 0 N–H and O–H groups in total. The second-order valence-corrected chi connectivity index (χ2v) is 7.14. The molecule has 0 bridgehead atoms. The van der Waals surface area contributed by atoms with Crippen LogP contribution < -0.4 is 0 Å². The van der Waals surface area contributed by atoms with Gasteiger partial charge in [0.25, 0.3) is 0 Å². The Labute approximate surface area is 82.3 Å². The summed E-state index contributed by atoms with van der Waals surface area (Å²) >= 11 is 0. The van der Waals surface area contributed by atoms with Crippen LogP contribution in [0.3, 0.4) is 0 Å². The van der Waals surface area contributed by atoms with Crippen molar-refractivity contribution >= 4 is 15.4 Å². The molecule has 3 heteroatoms. The Morgan fingerprint density at radius 1 is 1.23 bits per heavy atom. The van der Waals surface area contributed by atoms with E-state index < -0.39 is 9.52 Å². The summed E-state index contributed by atoms with van der Waals surface area (Å²) in [6.45, 7) is 8.64. The van der Waals surface area contributed by atoms with Crippen LogP contribution in [0.5, 0.6) is 0 Å². The van der Waals surface area contributed by atoms with Gasteiger partial charge in [-0.15, -0.1) is 0 Å². The molecule has 1 rings (SSSR count). The molecule has 1 aliphatic heterocycles. The molecule has 13 heavy (non-hydrogen) atoms. The third-order valence-corrected chi connectivity index (χ3v) is 4.89. The highest BCUT2D eigenvalue weighted by Crippen LogP contribution is 2.13. The van der Waals surface area contributed by atoms with Gasteiger partial charge in [-0.3, -0.25) is 9.11 Å². The lowest BCUT2D eigenvalue weighted by Gasteiger charge is -2.35. The van der Waals surface area contributed by atoms with E-state index in [1.54, 1.807) is 0 Å². The summed E-state index contributed by atoms with van der Waals surface area (Å²) in [6.07, 6.45) is 0. The first kappa shape index (κ1) is 11.1. The van der Waals surface area contributed by atoms with Crippen LogP contribution >= 0.6 is 0 Å². The average Bonchev–Trinajstić information content (AvgIpc) is 2.03. The van der Waals surface area contributed by atoms with Gasteiger partial charge in [0, 0.05) is 30.6 Å². The Balaban J connectivity index is 2.50. The zero-order chi connectivity index (χ0) is 10.1. The van der Waals surface area contributed by atoms with Gasteiger partial charge in [0.05, 0.1) is 0 Å². The van der Waals surface area contributed by atoms with Gasteiger partial charge >= 0.3 is 0 Å². The molecule has 78 valence electrons. The van der Waals surface area contributed by atoms with Crippen molar-refractivity contribution in [3.63, 3.8) is 0 Å². The van der Waals surface area contributed by atoms with Crippen LogP contribution in [0.4, 0.5) is 0 Å². The van der Waals surface area contributed by atoms with Crippen LogP contribution in [-0.4, -0.2) is 45.6 Å². The van der Waals surface area contributed by atoms with Gasteiger partial charge < -0.3 is 0 Å². The molecule has 0 aromatic rings. The van der Waals surface area contributed by atoms with Crippen molar-refractivity contribution in [2.45, 2.75) is 26.8 Å². The van der Waals surface area contributed by atoms with E-state index in [4.69, 9.17) is 0 Å². The smallest absolute Gasteiger partial charge is 0.0287 e. The summed E-state index contributed by atoms with van der Waals surface area (Å²) in [5.74, 6) is 6.01. The molecule has 0 aliphatic carbocycles. The maximum atomic E-state index is 11.6. The highest BCUT2D eigenvalue weighted by atomic mass is 32.2. The molecule has 0 saturated carbocycles. The fourth-order valence-electron chi connectivity index (χ4n) is 1.61. The number of nitrogens with zero attached hydrogens (tertiary/aromatic N) is 1. The summed E-state index contributed by atoms with van der Waals surface area (Å²) in [4.78, 5) is 2.43. The lowest BCUT2D eigenvalue weighted by atomic mass is 10.1. The van der Waals surface area contributed by atoms with E-state index >= 15 is 0 Å². The lowest BCUT2D eigenvalue weighted by molar-refractivity contribution is 0.184. The molecule has 0 amide bonds. The van der Waals surface area contributed by atoms with Crippen LogP contribution in [0, 0.1) is 5.92 Å². The first-order valence-corrected chi connectivity index (χ1v) is 7.05. The molecule has 1 heterocycles. The Morgan fingerprint density at radius 2 is 1.69 bits per heavy atom. The van der Waals surface area contributed by atoms with E-state index in [9.17, 15) is 4.21 Å². The van der Waals surface area contributed by atoms with Crippen molar-refractivity contribution in [3.8, 4) is 0 Å².